The zero-order valence-corrected chi connectivity index (χ0v) is 16.5. The third-order valence-corrected chi connectivity index (χ3v) is 5.05. The van der Waals surface area contributed by atoms with Gasteiger partial charge < -0.3 is 10.1 Å². The van der Waals surface area contributed by atoms with Crippen LogP contribution in [-0.2, 0) is 17.6 Å². The lowest BCUT2D eigenvalue weighted by atomic mass is 9.92. The maximum absolute atomic E-state index is 12.6. The van der Waals surface area contributed by atoms with E-state index in [-0.39, 0.29) is 11.9 Å². The highest BCUT2D eigenvalue weighted by atomic mass is 16.5. The van der Waals surface area contributed by atoms with Crippen LogP contribution < -0.4 is 10.1 Å². The third kappa shape index (κ3) is 4.59. The Hall–Kier alpha value is -3.28. The van der Waals surface area contributed by atoms with Gasteiger partial charge in [0.05, 0.1) is 19.1 Å². The van der Waals surface area contributed by atoms with E-state index in [1.54, 1.807) is 12.4 Å². The first-order valence-corrected chi connectivity index (χ1v) is 10.00. The molecule has 3 aromatic rings. The highest BCUT2D eigenvalue weighted by molar-refractivity contribution is 5.79. The molecule has 2 aromatic heterocycles. The number of pyridine rings is 1. The SMILES string of the molecule is CCOc1ccc(CC(=O)NC2CCCc3nc(-c4ccncc4)ncc32)cc1. The van der Waals surface area contributed by atoms with Crippen molar-refractivity contribution >= 4 is 5.91 Å². The van der Waals surface area contributed by atoms with Crippen molar-refractivity contribution in [2.75, 3.05) is 6.61 Å². The van der Waals surface area contributed by atoms with E-state index in [0.29, 0.717) is 18.9 Å². The molecule has 4 rings (SSSR count). The van der Waals surface area contributed by atoms with Gasteiger partial charge in [-0.2, -0.15) is 0 Å². The van der Waals surface area contributed by atoms with Crippen molar-refractivity contribution in [1.82, 2.24) is 20.3 Å². The van der Waals surface area contributed by atoms with E-state index in [1.165, 1.54) is 0 Å². The molecule has 29 heavy (non-hydrogen) atoms. The van der Waals surface area contributed by atoms with Crippen molar-refractivity contribution in [3.63, 3.8) is 0 Å². The highest BCUT2D eigenvalue weighted by Gasteiger charge is 2.24. The third-order valence-electron chi connectivity index (χ3n) is 5.05. The summed E-state index contributed by atoms with van der Waals surface area (Å²) in [6.07, 6.45) is 8.48. The lowest BCUT2D eigenvalue weighted by Crippen LogP contribution is -2.32. The van der Waals surface area contributed by atoms with E-state index in [2.05, 4.69) is 15.3 Å². The van der Waals surface area contributed by atoms with Gasteiger partial charge in [0, 0.05) is 35.4 Å². The Balaban J connectivity index is 1.44. The molecule has 0 fully saturated rings. The van der Waals surface area contributed by atoms with Gasteiger partial charge >= 0.3 is 0 Å². The lowest BCUT2D eigenvalue weighted by molar-refractivity contribution is -0.121. The molecule has 0 radical (unpaired) electrons. The Kier molecular flexibility index (Phi) is 5.79. The van der Waals surface area contributed by atoms with Gasteiger partial charge in [-0.25, -0.2) is 9.97 Å². The van der Waals surface area contributed by atoms with Crippen LogP contribution in [0.25, 0.3) is 11.4 Å². The first-order chi connectivity index (χ1) is 14.2. The fraction of sp³-hybridized carbons (Fsp3) is 0.304. The number of fused-ring (bicyclic) bond motifs is 1. The highest BCUT2D eigenvalue weighted by Crippen LogP contribution is 2.29. The van der Waals surface area contributed by atoms with E-state index in [9.17, 15) is 4.79 Å². The van der Waals surface area contributed by atoms with Crippen LogP contribution in [0.4, 0.5) is 0 Å². The first kappa shape index (κ1) is 19.1. The minimum absolute atomic E-state index is 0.00483. The average Bonchev–Trinajstić information content (AvgIpc) is 2.76. The van der Waals surface area contributed by atoms with Crippen LogP contribution in [0.15, 0.2) is 55.0 Å². The summed E-state index contributed by atoms with van der Waals surface area (Å²) in [5.41, 5.74) is 3.95. The number of hydrogen-bond acceptors (Lipinski definition) is 5. The number of carbonyl (C=O) groups is 1. The number of amides is 1. The predicted molar refractivity (Wildman–Crippen MR) is 110 cm³/mol. The molecule has 0 bridgehead atoms. The largest absolute Gasteiger partial charge is 0.494 e. The van der Waals surface area contributed by atoms with Crippen LogP contribution in [-0.4, -0.2) is 27.5 Å². The zero-order valence-electron chi connectivity index (χ0n) is 16.5. The average molecular weight is 388 g/mol. The van der Waals surface area contributed by atoms with Gasteiger partial charge in [-0.3, -0.25) is 9.78 Å². The molecule has 6 nitrogen and oxygen atoms in total. The van der Waals surface area contributed by atoms with Crippen LogP contribution in [0, 0.1) is 0 Å². The molecule has 0 aliphatic heterocycles. The van der Waals surface area contributed by atoms with Gasteiger partial charge in [0.1, 0.15) is 5.75 Å². The molecule has 1 aliphatic carbocycles. The van der Waals surface area contributed by atoms with Crippen molar-refractivity contribution in [2.24, 2.45) is 0 Å². The summed E-state index contributed by atoms with van der Waals surface area (Å²) >= 11 is 0. The number of benzene rings is 1. The van der Waals surface area contributed by atoms with E-state index < -0.39 is 0 Å². The van der Waals surface area contributed by atoms with E-state index in [0.717, 1.165) is 47.4 Å². The summed E-state index contributed by atoms with van der Waals surface area (Å²) in [4.78, 5) is 25.9. The minimum Gasteiger partial charge on any atom is -0.494 e. The van der Waals surface area contributed by atoms with Crippen molar-refractivity contribution in [1.29, 1.82) is 0 Å². The van der Waals surface area contributed by atoms with Crippen molar-refractivity contribution < 1.29 is 9.53 Å². The summed E-state index contributed by atoms with van der Waals surface area (Å²) in [7, 11) is 0. The Labute approximate surface area is 170 Å². The fourth-order valence-corrected chi connectivity index (χ4v) is 3.64. The van der Waals surface area contributed by atoms with Gasteiger partial charge in [0.25, 0.3) is 0 Å². The quantitative estimate of drug-likeness (QED) is 0.697. The molecular weight excluding hydrogens is 364 g/mol. The van der Waals surface area contributed by atoms with Crippen molar-refractivity contribution in [2.45, 2.75) is 38.6 Å². The topological polar surface area (TPSA) is 77.0 Å². The molecule has 1 amide bonds. The van der Waals surface area contributed by atoms with Crippen LogP contribution >= 0.6 is 0 Å². The summed E-state index contributed by atoms with van der Waals surface area (Å²) in [5, 5.41) is 3.16. The molecule has 6 heteroatoms. The fourth-order valence-electron chi connectivity index (χ4n) is 3.64. The molecular formula is C23H24N4O2. The second kappa shape index (κ2) is 8.82. The van der Waals surface area contributed by atoms with Gasteiger partial charge in [-0.1, -0.05) is 12.1 Å². The number of carbonyl (C=O) groups excluding carboxylic acids is 1. The van der Waals surface area contributed by atoms with Crippen LogP contribution in [0.3, 0.4) is 0 Å². The standard InChI is InChI=1S/C23H24N4O2/c1-2-29-18-8-6-16(7-9-18)14-22(28)26-20-4-3-5-21-19(20)15-25-23(27-21)17-10-12-24-13-11-17/h6-13,15,20H,2-5,14H2,1H3,(H,26,28). The van der Waals surface area contributed by atoms with Crippen LogP contribution in [0.1, 0.15) is 42.6 Å². The molecule has 1 atom stereocenters. The number of ether oxygens (including phenoxy) is 1. The summed E-state index contributed by atoms with van der Waals surface area (Å²) in [6.45, 7) is 2.58. The Morgan fingerprint density at radius 2 is 1.97 bits per heavy atom. The smallest absolute Gasteiger partial charge is 0.224 e. The van der Waals surface area contributed by atoms with E-state index >= 15 is 0 Å². The summed E-state index contributed by atoms with van der Waals surface area (Å²) < 4.78 is 5.45. The second-order valence-corrected chi connectivity index (χ2v) is 7.10. The molecule has 0 saturated heterocycles. The molecule has 1 unspecified atom stereocenters. The zero-order chi connectivity index (χ0) is 20.1. The first-order valence-electron chi connectivity index (χ1n) is 10.00. The number of aryl methyl sites for hydroxylation is 1. The molecule has 0 spiro atoms. The molecule has 0 saturated carbocycles. The molecule has 1 aliphatic rings. The predicted octanol–water partition coefficient (Wildman–Crippen LogP) is 3.67. The Morgan fingerprint density at radius 3 is 2.72 bits per heavy atom. The van der Waals surface area contributed by atoms with Crippen LogP contribution in [0.5, 0.6) is 5.75 Å². The number of nitrogens with one attached hydrogen (secondary N) is 1. The van der Waals surface area contributed by atoms with Gasteiger partial charge in [0.2, 0.25) is 5.91 Å². The van der Waals surface area contributed by atoms with E-state index in [1.807, 2.05) is 49.5 Å². The molecule has 1 N–H and O–H groups in total. The number of rotatable bonds is 6. The molecule has 2 heterocycles. The normalized spacial score (nSPS) is 15.4. The van der Waals surface area contributed by atoms with Gasteiger partial charge in [0.15, 0.2) is 5.82 Å². The van der Waals surface area contributed by atoms with Crippen molar-refractivity contribution in [3.05, 3.63) is 71.8 Å². The lowest BCUT2D eigenvalue weighted by Gasteiger charge is -2.25. The number of hydrogen-bond donors (Lipinski definition) is 1. The monoisotopic (exact) mass is 388 g/mol. The Bertz CT molecular complexity index is 974. The maximum Gasteiger partial charge on any atom is 0.224 e. The Morgan fingerprint density at radius 1 is 1.17 bits per heavy atom. The maximum atomic E-state index is 12.6. The summed E-state index contributed by atoms with van der Waals surface area (Å²) in [5.74, 6) is 1.53. The van der Waals surface area contributed by atoms with Gasteiger partial charge in [-0.05, 0) is 56.0 Å². The minimum atomic E-state index is -0.0413. The van der Waals surface area contributed by atoms with Gasteiger partial charge in [-0.15, -0.1) is 0 Å². The molecule has 148 valence electrons. The van der Waals surface area contributed by atoms with Crippen LogP contribution in [0.2, 0.25) is 0 Å². The number of nitrogens with zero attached hydrogens (tertiary/aromatic N) is 3. The number of aromatic nitrogens is 3. The second-order valence-electron chi connectivity index (χ2n) is 7.10. The summed E-state index contributed by atoms with van der Waals surface area (Å²) in [6, 6.07) is 11.4. The van der Waals surface area contributed by atoms with E-state index in [4.69, 9.17) is 9.72 Å². The molecule has 1 aromatic carbocycles. The van der Waals surface area contributed by atoms with Crippen molar-refractivity contribution in [3.8, 4) is 17.1 Å².